The molecule has 0 aromatic carbocycles. The zero-order chi connectivity index (χ0) is 9.73. The Morgan fingerprint density at radius 3 is 1.46 bits per heavy atom. The highest BCUT2D eigenvalue weighted by Crippen LogP contribution is 2.36. The molecule has 0 heterocycles. The Bertz CT molecular complexity index is 121. The van der Waals surface area contributed by atoms with E-state index in [-0.39, 0.29) is 0 Å². The molecule has 2 rings (SSSR count). The molecule has 0 saturated heterocycles. The van der Waals surface area contributed by atoms with Crippen molar-refractivity contribution >= 4 is 0 Å². The SMILES string of the molecule is CC1(C)CCCC1.CC1CCCC1. The average molecular weight is 182 g/mol. The molecule has 0 atom stereocenters. The lowest BCUT2D eigenvalue weighted by molar-refractivity contribution is 0.382. The van der Waals surface area contributed by atoms with Crippen LogP contribution in [0.15, 0.2) is 0 Å². The molecular weight excluding hydrogens is 156 g/mol. The number of hydrogen-bond donors (Lipinski definition) is 0. The van der Waals surface area contributed by atoms with Gasteiger partial charge in [-0.2, -0.15) is 0 Å². The summed E-state index contributed by atoms with van der Waals surface area (Å²) in [4.78, 5) is 0. The van der Waals surface area contributed by atoms with Gasteiger partial charge >= 0.3 is 0 Å². The van der Waals surface area contributed by atoms with Crippen molar-refractivity contribution in [2.24, 2.45) is 11.3 Å². The molecule has 0 aliphatic heterocycles. The van der Waals surface area contributed by atoms with Gasteiger partial charge in [-0.25, -0.2) is 0 Å². The summed E-state index contributed by atoms with van der Waals surface area (Å²) in [6, 6.07) is 0. The van der Waals surface area contributed by atoms with Crippen molar-refractivity contribution in [3.05, 3.63) is 0 Å². The van der Waals surface area contributed by atoms with Crippen LogP contribution in [0.25, 0.3) is 0 Å². The first kappa shape index (κ1) is 11.1. The fourth-order valence-corrected chi connectivity index (χ4v) is 2.46. The normalized spacial score (nSPS) is 27.0. The van der Waals surface area contributed by atoms with Gasteiger partial charge in [0.1, 0.15) is 0 Å². The van der Waals surface area contributed by atoms with Gasteiger partial charge in [-0.05, 0) is 24.2 Å². The van der Waals surface area contributed by atoms with Crippen LogP contribution in [0.5, 0.6) is 0 Å². The largest absolute Gasteiger partial charge is 0.0625 e. The Morgan fingerprint density at radius 1 is 0.846 bits per heavy atom. The van der Waals surface area contributed by atoms with Crippen molar-refractivity contribution in [3.63, 3.8) is 0 Å². The second kappa shape index (κ2) is 5.02. The van der Waals surface area contributed by atoms with Gasteiger partial charge in [-0.15, -0.1) is 0 Å². The Hall–Kier alpha value is 0. The van der Waals surface area contributed by atoms with Gasteiger partial charge < -0.3 is 0 Å². The molecule has 0 radical (unpaired) electrons. The van der Waals surface area contributed by atoms with Crippen LogP contribution in [0, 0.1) is 11.3 Å². The maximum atomic E-state index is 2.36. The molecule has 0 aromatic rings. The van der Waals surface area contributed by atoms with E-state index >= 15 is 0 Å². The molecule has 0 nitrogen and oxygen atoms in total. The van der Waals surface area contributed by atoms with Crippen LogP contribution in [0.4, 0.5) is 0 Å². The van der Waals surface area contributed by atoms with E-state index in [0.29, 0.717) is 5.41 Å². The topological polar surface area (TPSA) is 0 Å². The van der Waals surface area contributed by atoms with E-state index in [4.69, 9.17) is 0 Å². The minimum Gasteiger partial charge on any atom is -0.0625 e. The Balaban J connectivity index is 0.000000132. The predicted octanol–water partition coefficient (Wildman–Crippen LogP) is 4.78. The molecule has 0 amide bonds. The first-order chi connectivity index (χ1) is 6.10. The van der Waals surface area contributed by atoms with Gasteiger partial charge in [0.2, 0.25) is 0 Å². The van der Waals surface area contributed by atoms with Gasteiger partial charge in [0.15, 0.2) is 0 Å². The first-order valence-electron chi connectivity index (χ1n) is 6.10. The minimum atomic E-state index is 0.694. The maximum Gasteiger partial charge on any atom is -0.0354 e. The van der Waals surface area contributed by atoms with Crippen LogP contribution in [0.3, 0.4) is 0 Å². The van der Waals surface area contributed by atoms with Crippen LogP contribution in [0.2, 0.25) is 0 Å². The average Bonchev–Trinajstić information content (AvgIpc) is 2.62. The summed E-state index contributed by atoms with van der Waals surface area (Å²) in [5, 5.41) is 0. The van der Waals surface area contributed by atoms with Gasteiger partial charge in [-0.1, -0.05) is 59.3 Å². The summed E-state index contributed by atoms with van der Waals surface area (Å²) in [5.74, 6) is 1.05. The summed E-state index contributed by atoms with van der Waals surface area (Å²) < 4.78 is 0. The second-order valence-corrected chi connectivity index (χ2v) is 5.76. The molecule has 0 bridgehead atoms. The van der Waals surface area contributed by atoms with Crippen LogP contribution in [-0.2, 0) is 0 Å². The van der Waals surface area contributed by atoms with E-state index in [2.05, 4.69) is 20.8 Å². The molecule has 0 aromatic heterocycles. The lowest BCUT2D eigenvalue weighted by Gasteiger charge is -2.13. The van der Waals surface area contributed by atoms with Crippen molar-refractivity contribution in [1.29, 1.82) is 0 Å². The third-order valence-electron chi connectivity index (χ3n) is 3.60. The fraction of sp³-hybridized carbons (Fsp3) is 1.00. The van der Waals surface area contributed by atoms with Gasteiger partial charge in [0.05, 0.1) is 0 Å². The van der Waals surface area contributed by atoms with Crippen molar-refractivity contribution in [2.75, 3.05) is 0 Å². The predicted molar refractivity (Wildman–Crippen MR) is 59.9 cm³/mol. The lowest BCUT2D eigenvalue weighted by atomic mass is 9.92. The molecule has 2 aliphatic carbocycles. The summed E-state index contributed by atoms with van der Waals surface area (Å²) in [6.07, 6.45) is 11.8. The summed E-state index contributed by atoms with van der Waals surface area (Å²) in [6.45, 7) is 7.06. The van der Waals surface area contributed by atoms with E-state index in [1.54, 1.807) is 0 Å². The van der Waals surface area contributed by atoms with Gasteiger partial charge in [0.25, 0.3) is 0 Å². The highest BCUT2D eigenvalue weighted by Gasteiger charge is 2.21. The maximum absolute atomic E-state index is 2.36. The summed E-state index contributed by atoms with van der Waals surface area (Å²) in [5.41, 5.74) is 0.694. The number of rotatable bonds is 0. The van der Waals surface area contributed by atoms with E-state index in [0.717, 1.165) is 5.92 Å². The van der Waals surface area contributed by atoms with E-state index in [1.807, 2.05) is 0 Å². The summed E-state index contributed by atoms with van der Waals surface area (Å²) >= 11 is 0. The monoisotopic (exact) mass is 182 g/mol. The molecule has 0 heteroatoms. The highest BCUT2D eigenvalue weighted by molar-refractivity contribution is 4.74. The molecular formula is C13H26. The smallest absolute Gasteiger partial charge is 0.0354 e. The molecule has 78 valence electrons. The van der Waals surface area contributed by atoms with Crippen molar-refractivity contribution in [1.82, 2.24) is 0 Å². The molecule has 2 aliphatic rings. The van der Waals surface area contributed by atoms with Crippen molar-refractivity contribution in [3.8, 4) is 0 Å². The highest BCUT2D eigenvalue weighted by atomic mass is 14.3. The standard InChI is InChI=1S/C7H14.C6H12/c1-7(2)5-3-4-6-7;1-6-4-2-3-5-6/h3-6H2,1-2H3;6H,2-5H2,1H3. The van der Waals surface area contributed by atoms with E-state index < -0.39 is 0 Å². The third kappa shape index (κ3) is 4.69. The molecule has 2 fully saturated rings. The molecule has 13 heavy (non-hydrogen) atoms. The zero-order valence-corrected chi connectivity index (χ0v) is 9.73. The number of hydrogen-bond acceptors (Lipinski definition) is 0. The second-order valence-electron chi connectivity index (χ2n) is 5.76. The van der Waals surface area contributed by atoms with Crippen LogP contribution >= 0.6 is 0 Å². The Labute approximate surface area is 84.1 Å². The molecule has 0 unspecified atom stereocenters. The van der Waals surface area contributed by atoms with Crippen molar-refractivity contribution < 1.29 is 0 Å². The minimum absolute atomic E-state index is 0.694. The van der Waals surface area contributed by atoms with E-state index in [9.17, 15) is 0 Å². The Kier molecular flexibility index (Phi) is 4.28. The summed E-state index contributed by atoms with van der Waals surface area (Å²) in [7, 11) is 0. The molecule has 0 spiro atoms. The third-order valence-corrected chi connectivity index (χ3v) is 3.60. The Morgan fingerprint density at radius 2 is 1.31 bits per heavy atom. The molecule has 2 saturated carbocycles. The van der Waals surface area contributed by atoms with Gasteiger partial charge in [-0.3, -0.25) is 0 Å². The van der Waals surface area contributed by atoms with Crippen LogP contribution < -0.4 is 0 Å². The van der Waals surface area contributed by atoms with Gasteiger partial charge in [0, 0.05) is 0 Å². The lowest BCUT2D eigenvalue weighted by Crippen LogP contribution is -2.01. The van der Waals surface area contributed by atoms with Crippen molar-refractivity contribution in [2.45, 2.75) is 72.1 Å². The van der Waals surface area contributed by atoms with Crippen LogP contribution in [-0.4, -0.2) is 0 Å². The zero-order valence-electron chi connectivity index (χ0n) is 9.73. The quantitative estimate of drug-likeness (QED) is 0.505. The molecule has 0 N–H and O–H groups in total. The fourth-order valence-electron chi connectivity index (χ4n) is 2.46. The van der Waals surface area contributed by atoms with E-state index in [1.165, 1.54) is 51.4 Å². The first-order valence-corrected chi connectivity index (χ1v) is 6.10. The van der Waals surface area contributed by atoms with Crippen LogP contribution in [0.1, 0.15) is 72.1 Å².